The second kappa shape index (κ2) is 5.19. The van der Waals surface area contributed by atoms with Gasteiger partial charge < -0.3 is 10.2 Å². The molecule has 1 aromatic rings. The standard InChI is InChI=1S/C13H19BrN2/c1-3-12-9-15-6-7-16(12)13-8-11(14)5-4-10(13)2/h4-5,8,12,15H,3,6-7,9H2,1-2H3. The van der Waals surface area contributed by atoms with Crippen molar-refractivity contribution in [1.82, 2.24) is 5.32 Å². The number of anilines is 1. The summed E-state index contributed by atoms with van der Waals surface area (Å²) in [5.74, 6) is 0. The molecule has 0 spiro atoms. The summed E-state index contributed by atoms with van der Waals surface area (Å²) in [5, 5.41) is 3.47. The molecule has 0 aliphatic carbocycles. The fourth-order valence-corrected chi connectivity index (χ4v) is 2.68. The number of nitrogens with one attached hydrogen (secondary N) is 1. The average Bonchev–Trinajstić information content (AvgIpc) is 2.32. The van der Waals surface area contributed by atoms with E-state index in [0.29, 0.717) is 6.04 Å². The van der Waals surface area contributed by atoms with E-state index in [1.807, 2.05) is 0 Å². The van der Waals surface area contributed by atoms with E-state index in [1.165, 1.54) is 22.1 Å². The van der Waals surface area contributed by atoms with Gasteiger partial charge in [0.2, 0.25) is 0 Å². The molecular formula is C13H19BrN2. The van der Waals surface area contributed by atoms with E-state index in [2.05, 4.69) is 58.2 Å². The van der Waals surface area contributed by atoms with Crippen molar-refractivity contribution in [3.05, 3.63) is 28.2 Å². The molecule has 1 heterocycles. The highest BCUT2D eigenvalue weighted by molar-refractivity contribution is 9.10. The molecule has 88 valence electrons. The Morgan fingerprint density at radius 1 is 1.50 bits per heavy atom. The Balaban J connectivity index is 2.30. The maximum atomic E-state index is 3.56. The van der Waals surface area contributed by atoms with Crippen LogP contribution in [0, 0.1) is 6.92 Å². The van der Waals surface area contributed by atoms with Gasteiger partial charge in [0.25, 0.3) is 0 Å². The van der Waals surface area contributed by atoms with Gasteiger partial charge in [-0.3, -0.25) is 0 Å². The minimum absolute atomic E-state index is 0.627. The fourth-order valence-electron chi connectivity index (χ4n) is 2.33. The number of rotatable bonds is 2. The van der Waals surface area contributed by atoms with Crippen LogP contribution in [0.3, 0.4) is 0 Å². The fraction of sp³-hybridized carbons (Fsp3) is 0.538. The second-order valence-corrected chi connectivity index (χ2v) is 5.31. The van der Waals surface area contributed by atoms with Gasteiger partial charge in [0.1, 0.15) is 0 Å². The second-order valence-electron chi connectivity index (χ2n) is 4.39. The third kappa shape index (κ3) is 2.41. The zero-order valence-corrected chi connectivity index (χ0v) is 11.5. The Morgan fingerprint density at radius 2 is 2.31 bits per heavy atom. The highest BCUT2D eigenvalue weighted by Crippen LogP contribution is 2.27. The Morgan fingerprint density at radius 3 is 3.06 bits per heavy atom. The zero-order chi connectivity index (χ0) is 11.5. The van der Waals surface area contributed by atoms with Crippen molar-refractivity contribution in [1.29, 1.82) is 0 Å². The lowest BCUT2D eigenvalue weighted by atomic mass is 10.1. The summed E-state index contributed by atoms with van der Waals surface area (Å²) in [5.41, 5.74) is 2.74. The summed E-state index contributed by atoms with van der Waals surface area (Å²) < 4.78 is 1.17. The molecule has 1 saturated heterocycles. The minimum Gasteiger partial charge on any atom is -0.366 e. The molecule has 2 rings (SSSR count). The lowest BCUT2D eigenvalue weighted by molar-refractivity contribution is 0.466. The van der Waals surface area contributed by atoms with Crippen LogP contribution in [-0.2, 0) is 0 Å². The molecule has 1 unspecified atom stereocenters. The lowest BCUT2D eigenvalue weighted by Gasteiger charge is -2.38. The van der Waals surface area contributed by atoms with Crippen LogP contribution in [0.4, 0.5) is 5.69 Å². The van der Waals surface area contributed by atoms with Crippen LogP contribution in [0.25, 0.3) is 0 Å². The largest absolute Gasteiger partial charge is 0.366 e. The van der Waals surface area contributed by atoms with Gasteiger partial charge in [-0.15, -0.1) is 0 Å². The molecule has 1 aromatic carbocycles. The number of aryl methyl sites for hydroxylation is 1. The van der Waals surface area contributed by atoms with Gasteiger partial charge in [-0.1, -0.05) is 28.9 Å². The Hall–Kier alpha value is -0.540. The molecule has 3 heteroatoms. The summed E-state index contributed by atoms with van der Waals surface area (Å²) in [6.07, 6.45) is 1.19. The minimum atomic E-state index is 0.627. The van der Waals surface area contributed by atoms with E-state index >= 15 is 0 Å². The van der Waals surface area contributed by atoms with Gasteiger partial charge in [0, 0.05) is 35.8 Å². The molecule has 1 aliphatic rings. The van der Waals surface area contributed by atoms with Crippen LogP contribution in [0.1, 0.15) is 18.9 Å². The lowest BCUT2D eigenvalue weighted by Crippen LogP contribution is -2.51. The van der Waals surface area contributed by atoms with Crippen molar-refractivity contribution in [2.75, 3.05) is 24.5 Å². The topological polar surface area (TPSA) is 15.3 Å². The highest BCUT2D eigenvalue weighted by Gasteiger charge is 2.21. The van der Waals surface area contributed by atoms with Crippen molar-refractivity contribution in [2.24, 2.45) is 0 Å². The van der Waals surface area contributed by atoms with Gasteiger partial charge in [-0.25, -0.2) is 0 Å². The van der Waals surface area contributed by atoms with Gasteiger partial charge >= 0.3 is 0 Å². The highest BCUT2D eigenvalue weighted by atomic mass is 79.9. The molecular weight excluding hydrogens is 264 g/mol. The molecule has 0 aromatic heterocycles. The van der Waals surface area contributed by atoms with Gasteiger partial charge in [-0.05, 0) is 31.0 Å². The first-order valence-corrected chi connectivity index (χ1v) is 6.75. The average molecular weight is 283 g/mol. The smallest absolute Gasteiger partial charge is 0.0412 e. The first-order valence-electron chi connectivity index (χ1n) is 5.96. The first-order chi connectivity index (χ1) is 7.72. The molecule has 1 aliphatic heterocycles. The van der Waals surface area contributed by atoms with Crippen LogP contribution in [0.2, 0.25) is 0 Å². The Bertz CT molecular complexity index is 365. The molecule has 16 heavy (non-hydrogen) atoms. The van der Waals surface area contributed by atoms with Crippen LogP contribution in [0.5, 0.6) is 0 Å². The molecule has 0 bridgehead atoms. The summed E-state index contributed by atoms with van der Waals surface area (Å²) in [6, 6.07) is 7.17. The van der Waals surface area contributed by atoms with Crippen LogP contribution >= 0.6 is 15.9 Å². The number of nitrogens with zero attached hydrogens (tertiary/aromatic N) is 1. The number of halogens is 1. The van der Waals surface area contributed by atoms with E-state index in [0.717, 1.165) is 19.6 Å². The van der Waals surface area contributed by atoms with E-state index in [1.54, 1.807) is 0 Å². The summed E-state index contributed by atoms with van der Waals surface area (Å²) in [6.45, 7) is 7.75. The van der Waals surface area contributed by atoms with Crippen LogP contribution < -0.4 is 10.2 Å². The first kappa shape index (κ1) is 11.9. The van der Waals surface area contributed by atoms with Crippen LogP contribution in [-0.4, -0.2) is 25.7 Å². The van der Waals surface area contributed by atoms with Crippen molar-refractivity contribution >= 4 is 21.6 Å². The van der Waals surface area contributed by atoms with Gasteiger partial charge in [0.15, 0.2) is 0 Å². The number of hydrogen-bond acceptors (Lipinski definition) is 2. The van der Waals surface area contributed by atoms with Crippen LogP contribution in [0.15, 0.2) is 22.7 Å². The normalized spacial score (nSPS) is 21.2. The molecule has 0 saturated carbocycles. The van der Waals surface area contributed by atoms with E-state index in [-0.39, 0.29) is 0 Å². The van der Waals surface area contributed by atoms with E-state index < -0.39 is 0 Å². The van der Waals surface area contributed by atoms with Crippen molar-refractivity contribution < 1.29 is 0 Å². The van der Waals surface area contributed by atoms with E-state index in [4.69, 9.17) is 0 Å². The SMILES string of the molecule is CCC1CNCCN1c1cc(Br)ccc1C. The van der Waals surface area contributed by atoms with E-state index in [9.17, 15) is 0 Å². The van der Waals surface area contributed by atoms with Crippen molar-refractivity contribution in [3.8, 4) is 0 Å². The van der Waals surface area contributed by atoms with Gasteiger partial charge in [-0.2, -0.15) is 0 Å². The number of benzene rings is 1. The Labute approximate surface area is 106 Å². The summed E-state index contributed by atoms with van der Waals surface area (Å²) in [4.78, 5) is 2.54. The number of hydrogen-bond donors (Lipinski definition) is 1. The summed E-state index contributed by atoms with van der Waals surface area (Å²) >= 11 is 3.56. The molecule has 0 amide bonds. The zero-order valence-electron chi connectivity index (χ0n) is 9.96. The maximum absolute atomic E-state index is 3.56. The quantitative estimate of drug-likeness (QED) is 0.897. The molecule has 1 atom stereocenters. The maximum Gasteiger partial charge on any atom is 0.0412 e. The molecule has 0 radical (unpaired) electrons. The van der Waals surface area contributed by atoms with Gasteiger partial charge in [0.05, 0.1) is 0 Å². The molecule has 2 nitrogen and oxygen atoms in total. The third-order valence-electron chi connectivity index (χ3n) is 3.30. The Kier molecular flexibility index (Phi) is 3.87. The van der Waals surface area contributed by atoms with Crippen molar-refractivity contribution in [3.63, 3.8) is 0 Å². The third-order valence-corrected chi connectivity index (χ3v) is 3.80. The summed E-state index contributed by atoms with van der Waals surface area (Å²) in [7, 11) is 0. The molecule has 1 fully saturated rings. The predicted octanol–water partition coefficient (Wildman–Crippen LogP) is 2.95. The van der Waals surface area contributed by atoms with Crippen molar-refractivity contribution in [2.45, 2.75) is 26.3 Å². The molecule has 1 N–H and O–H groups in total. The number of piperazine rings is 1. The monoisotopic (exact) mass is 282 g/mol. The predicted molar refractivity (Wildman–Crippen MR) is 73.2 cm³/mol.